The molecular weight excluding hydrogens is 306 g/mol. The fourth-order valence-corrected chi connectivity index (χ4v) is 2.31. The largest absolute Gasteiger partial charge is 0.335 e. The molecule has 3 N–H and O–H groups in total. The van der Waals surface area contributed by atoms with E-state index in [1.807, 2.05) is 26.0 Å². The molecule has 1 aromatic heterocycles. The number of carbonyl (C=O) groups excluding carboxylic acids is 2. The molecule has 0 fully saturated rings. The van der Waals surface area contributed by atoms with Gasteiger partial charge in [-0.3, -0.25) is 9.89 Å². The molecule has 2 aromatic rings. The first-order chi connectivity index (χ1) is 11.3. The zero-order valence-corrected chi connectivity index (χ0v) is 14.4. The van der Waals surface area contributed by atoms with Gasteiger partial charge in [-0.1, -0.05) is 6.07 Å². The molecule has 7 nitrogen and oxygen atoms in total. The van der Waals surface area contributed by atoms with Crippen LogP contribution in [-0.2, 0) is 11.2 Å². The maximum Gasteiger partial charge on any atom is 0.319 e. The molecule has 0 aliphatic heterocycles. The quantitative estimate of drug-likeness (QED) is 0.787. The number of H-pyrrole nitrogens is 1. The topological polar surface area (TPSA) is 90.1 Å². The molecule has 0 aliphatic rings. The number of aromatic nitrogens is 2. The first-order valence-corrected chi connectivity index (χ1v) is 7.78. The SMILES string of the molecule is CC(=O)N(C)c1cccc(NC(=O)N[C@H](C)Cc2cc(C)[nH]n2)c1. The Morgan fingerprint density at radius 1 is 1.33 bits per heavy atom. The number of nitrogens with one attached hydrogen (secondary N) is 3. The Hall–Kier alpha value is -2.83. The summed E-state index contributed by atoms with van der Waals surface area (Å²) in [6.07, 6.45) is 0.644. The Balaban J connectivity index is 1.92. The van der Waals surface area contributed by atoms with Gasteiger partial charge in [0.1, 0.15) is 0 Å². The summed E-state index contributed by atoms with van der Waals surface area (Å²) in [5.41, 5.74) is 3.25. The molecule has 128 valence electrons. The molecule has 0 saturated heterocycles. The lowest BCUT2D eigenvalue weighted by Gasteiger charge is -2.17. The Bertz CT molecular complexity index is 725. The Labute approximate surface area is 141 Å². The number of anilines is 2. The minimum atomic E-state index is -0.294. The molecule has 1 heterocycles. The van der Waals surface area contributed by atoms with E-state index in [1.54, 1.807) is 25.2 Å². The second kappa shape index (κ2) is 7.63. The van der Waals surface area contributed by atoms with Crippen molar-refractivity contribution in [2.45, 2.75) is 33.2 Å². The highest BCUT2D eigenvalue weighted by Gasteiger charge is 2.11. The van der Waals surface area contributed by atoms with Gasteiger partial charge in [0.25, 0.3) is 0 Å². The summed E-state index contributed by atoms with van der Waals surface area (Å²) in [5.74, 6) is -0.0699. The third kappa shape index (κ3) is 4.84. The van der Waals surface area contributed by atoms with E-state index in [0.717, 1.165) is 17.1 Å². The van der Waals surface area contributed by atoms with Crippen molar-refractivity contribution < 1.29 is 9.59 Å². The maximum atomic E-state index is 12.1. The van der Waals surface area contributed by atoms with Gasteiger partial charge in [0, 0.05) is 43.5 Å². The van der Waals surface area contributed by atoms with Crippen LogP contribution in [0.1, 0.15) is 25.2 Å². The Kier molecular flexibility index (Phi) is 5.57. The number of hydrogen-bond donors (Lipinski definition) is 3. The fraction of sp³-hybridized carbons (Fsp3) is 0.353. The van der Waals surface area contributed by atoms with Crippen LogP contribution in [0.5, 0.6) is 0 Å². The van der Waals surface area contributed by atoms with Gasteiger partial charge in [-0.25, -0.2) is 4.79 Å². The highest BCUT2D eigenvalue weighted by atomic mass is 16.2. The van der Waals surface area contributed by atoms with Crippen LogP contribution in [0, 0.1) is 6.92 Å². The molecule has 24 heavy (non-hydrogen) atoms. The third-order valence-electron chi connectivity index (χ3n) is 3.62. The van der Waals surface area contributed by atoms with Crippen LogP contribution >= 0.6 is 0 Å². The molecule has 7 heteroatoms. The standard InChI is InChI=1S/C17H23N5O2/c1-11(8-15-9-12(2)20-21-15)18-17(24)19-14-6-5-7-16(10-14)22(4)13(3)23/h5-7,9-11H,8H2,1-4H3,(H,20,21)(H2,18,19,24)/t11-/m1/s1. The second-order valence-corrected chi connectivity index (χ2v) is 5.87. The molecule has 3 amide bonds. The van der Waals surface area contributed by atoms with Crippen molar-refractivity contribution in [1.82, 2.24) is 15.5 Å². The van der Waals surface area contributed by atoms with E-state index in [-0.39, 0.29) is 18.0 Å². The summed E-state index contributed by atoms with van der Waals surface area (Å²) in [4.78, 5) is 25.0. The highest BCUT2D eigenvalue weighted by molar-refractivity contribution is 5.93. The van der Waals surface area contributed by atoms with Gasteiger partial charge in [0.15, 0.2) is 0 Å². The molecule has 0 radical (unpaired) electrons. The number of aromatic amines is 1. The zero-order valence-electron chi connectivity index (χ0n) is 14.4. The van der Waals surface area contributed by atoms with Crippen molar-refractivity contribution in [3.05, 3.63) is 41.7 Å². The Morgan fingerprint density at radius 2 is 2.08 bits per heavy atom. The van der Waals surface area contributed by atoms with Gasteiger partial charge >= 0.3 is 6.03 Å². The maximum absolute atomic E-state index is 12.1. The molecular formula is C17H23N5O2. The van der Waals surface area contributed by atoms with E-state index in [0.29, 0.717) is 12.1 Å². The fourth-order valence-electron chi connectivity index (χ4n) is 2.31. The second-order valence-electron chi connectivity index (χ2n) is 5.87. The summed E-state index contributed by atoms with van der Waals surface area (Å²) >= 11 is 0. The van der Waals surface area contributed by atoms with Crippen LogP contribution in [0.2, 0.25) is 0 Å². The van der Waals surface area contributed by atoms with E-state index < -0.39 is 0 Å². The number of urea groups is 1. The average molecular weight is 329 g/mol. The van der Waals surface area contributed by atoms with Crippen LogP contribution in [0.4, 0.5) is 16.2 Å². The molecule has 0 saturated carbocycles. The number of rotatable bonds is 5. The number of nitrogens with zero attached hydrogens (tertiary/aromatic N) is 2. The van der Waals surface area contributed by atoms with Gasteiger partial charge in [0.2, 0.25) is 5.91 Å². The minimum absolute atomic E-state index is 0.0595. The molecule has 0 bridgehead atoms. The number of carbonyl (C=O) groups is 2. The van der Waals surface area contributed by atoms with E-state index in [1.165, 1.54) is 11.8 Å². The number of hydrogen-bond acceptors (Lipinski definition) is 3. The number of amides is 3. The first-order valence-electron chi connectivity index (χ1n) is 7.78. The molecule has 1 atom stereocenters. The van der Waals surface area contributed by atoms with Crippen LogP contribution in [0.15, 0.2) is 30.3 Å². The van der Waals surface area contributed by atoms with Gasteiger partial charge < -0.3 is 15.5 Å². The van der Waals surface area contributed by atoms with Gasteiger partial charge in [-0.15, -0.1) is 0 Å². The van der Waals surface area contributed by atoms with Gasteiger partial charge in [-0.2, -0.15) is 5.10 Å². The van der Waals surface area contributed by atoms with Crippen molar-refractivity contribution in [1.29, 1.82) is 0 Å². The van der Waals surface area contributed by atoms with E-state index in [9.17, 15) is 9.59 Å². The first kappa shape index (κ1) is 17.5. The summed E-state index contributed by atoms with van der Waals surface area (Å²) < 4.78 is 0. The monoisotopic (exact) mass is 329 g/mol. The van der Waals surface area contributed by atoms with Crippen LogP contribution in [0.3, 0.4) is 0 Å². The van der Waals surface area contributed by atoms with Crippen LogP contribution in [-0.4, -0.2) is 35.2 Å². The average Bonchev–Trinajstić information content (AvgIpc) is 2.91. The van der Waals surface area contributed by atoms with Gasteiger partial charge in [-0.05, 0) is 38.1 Å². The van der Waals surface area contributed by atoms with Gasteiger partial charge in [0.05, 0.1) is 5.69 Å². The number of aryl methyl sites for hydroxylation is 1. The van der Waals surface area contributed by atoms with E-state index >= 15 is 0 Å². The summed E-state index contributed by atoms with van der Waals surface area (Å²) in [5, 5.41) is 12.7. The molecule has 0 unspecified atom stereocenters. The summed E-state index contributed by atoms with van der Waals surface area (Å²) in [7, 11) is 1.69. The zero-order chi connectivity index (χ0) is 17.7. The summed E-state index contributed by atoms with van der Waals surface area (Å²) in [6.45, 7) is 5.35. The number of benzene rings is 1. The van der Waals surface area contributed by atoms with Crippen molar-refractivity contribution in [2.24, 2.45) is 0 Å². The van der Waals surface area contributed by atoms with E-state index in [4.69, 9.17) is 0 Å². The van der Waals surface area contributed by atoms with Crippen molar-refractivity contribution in [3.8, 4) is 0 Å². The lowest BCUT2D eigenvalue weighted by molar-refractivity contribution is -0.116. The van der Waals surface area contributed by atoms with Crippen LogP contribution < -0.4 is 15.5 Å². The Morgan fingerprint density at radius 3 is 2.71 bits per heavy atom. The smallest absolute Gasteiger partial charge is 0.319 e. The molecule has 0 spiro atoms. The predicted octanol–water partition coefficient (Wildman–Crippen LogP) is 2.45. The summed E-state index contributed by atoms with van der Waals surface area (Å²) in [6, 6.07) is 8.74. The van der Waals surface area contributed by atoms with Crippen molar-refractivity contribution >= 4 is 23.3 Å². The highest BCUT2D eigenvalue weighted by Crippen LogP contribution is 2.18. The normalized spacial score (nSPS) is 11.7. The lowest BCUT2D eigenvalue weighted by atomic mass is 10.2. The van der Waals surface area contributed by atoms with Crippen molar-refractivity contribution in [3.63, 3.8) is 0 Å². The van der Waals surface area contributed by atoms with Crippen LogP contribution in [0.25, 0.3) is 0 Å². The molecule has 1 aromatic carbocycles. The van der Waals surface area contributed by atoms with E-state index in [2.05, 4.69) is 20.8 Å². The van der Waals surface area contributed by atoms with Crippen molar-refractivity contribution in [2.75, 3.05) is 17.3 Å². The molecule has 0 aliphatic carbocycles. The third-order valence-corrected chi connectivity index (χ3v) is 3.62. The molecule has 2 rings (SSSR count). The lowest BCUT2D eigenvalue weighted by Crippen LogP contribution is -2.37. The minimum Gasteiger partial charge on any atom is -0.335 e. The predicted molar refractivity (Wildman–Crippen MR) is 94.2 cm³/mol.